The molecule has 2 rings (SSSR count). The zero-order valence-corrected chi connectivity index (χ0v) is 9.87. The van der Waals surface area contributed by atoms with Gasteiger partial charge in [-0.25, -0.2) is 4.79 Å². The van der Waals surface area contributed by atoms with Gasteiger partial charge in [0.25, 0.3) is 0 Å². The molecule has 3 nitrogen and oxygen atoms in total. The molecule has 1 aliphatic rings. The van der Waals surface area contributed by atoms with Gasteiger partial charge in [0.05, 0.1) is 0 Å². The topological polar surface area (TPSA) is 46.5 Å². The molecule has 1 N–H and O–H groups in total. The third-order valence-electron chi connectivity index (χ3n) is 2.62. The number of carboxylic acid groups (broad SMARTS) is 1. The van der Waals surface area contributed by atoms with E-state index >= 15 is 0 Å². The molecule has 1 aromatic rings. The smallest absolute Gasteiger partial charge is 0.345 e. The van der Waals surface area contributed by atoms with E-state index in [1.165, 1.54) is 0 Å². The van der Waals surface area contributed by atoms with E-state index < -0.39 is 12.1 Å². The summed E-state index contributed by atoms with van der Waals surface area (Å²) in [4.78, 5) is 12.1. The van der Waals surface area contributed by atoms with Crippen molar-refractivity contribution in [1.82, 2.24) is 0 Å². The molecular weight excluding hydrogens is 224 g/mol. The Kier molecular flexibility index (Phi) is 3.39. The number of carbonyl (C=O) groups is 1. The monoisotopic (exact) mass is 238 g/mol. The van der Waals surface area contributed by atoms with Gasteiger partial charge in [-0.15, -0.1) is 11.8 Å². The van der Waals surface area contributed by atoms with E-state index in [2.05, 4.69) is 0 Å². The van der Waals surface area contributed by atoms with Crippen molar-refractivity contribution in [3.05, 3.63) is 24.3 Å². The van der Waals surface area contributed by atoms with Gasteiger partial charge in [0.2, 0.25) is 0 Å². The van der Waals surface area contributed by atoms with Gasteiger partial charge >= 0.3 is 5.97 Å². The van der Waals surface area contributed by atoms with Crippen LogP contribution in [0.15, 0.2) is 29.2 Å². The highest BCUT2D eigenvalue weighted by molar-refractivity contribution is 7.98. The predicted octanol–water partition coefficient (Wildman–Crippen LogP) is 2.65. The summed E-state index contributed by atoms with van der Waals surface area (Å²) in [5, 5.41) is 9.02. The number of thioether (sulfide) groups is 1. The normalized spacial score (nSPS) is 16.8. The van der Waals surface area contributed by atoms with Crippen LogP contribution in [0, 0.1) is 5.92 Å². The third-order valence-corrected chi connectivity index (χ3v) is 3.36. The summed E-state index contributed by atoms with van der Waals surface area (Å²) in [5.41, 5.74) is 0. The first kappa shape index (κ1) is 11.3. The van der Waals surface area contributed by atoms with Crippen molar-refractivity contribution in [2.24, 2.45) is 5.92 Å². The molecule has 0 amide bonds. The van der Waals surface area contributed by atoms with Crippen LogP contribution in [0.5, 0.6) is 5.75 Å². The number of aliphatic carboxylic acids is 1. The van der Waals surface area contributed by atoms with Crippen LogP contribution in [0.1, 0.15) is 12.8 Å². The summed E-state index contributed by atoms with van der Waals surface area (Å²) in [7, 11) is 0. The van der Waals surface area contributed by atoms with Crippen LogP contribution in [-0.2, 0) is 4.79 Å². The van der Waals surface area contributed by atoms with Gasteiger partial charge in [0.15, 0.2) is 6.10 Å². The van der Waals surface area contributed by atoms with Crippen LogP contribution in [0.25, 0.3) is 0 Å². The summed E-state index contributed by atoms with van der Waals surface area (Å²) in [5.74, 6) is -0.0359. The van der Waals surface area contributed by atoms with Crippen molar-refractivity contribution < 1.29 is 14.6 Å². The van der Waals surface area contributed by atoms with Crippen molar-refractivity contribution in [1.29, 1.82) is 0 Å². The van der Waals surface area contributed by atoms with E-state index in [4.69, 9.17) is 9.84 Å². The van der Waals surface area contributed by atoms with E-state index in [0.29, 0.717) is 5.75 Å². The first-order valence-corrected chi connectivity index (χ1v) is 6.46. The van der Waals surface area contributed by atoms with Gasteiger partial charge in [-0.1, -0.05) is 0 Å². The van der Waals surface area contributed by atoms with E-state index in [1.807, 2.05) is 30.5 Å². The Bertz CT molecular complexity index is 370. The molecule has 0 spiro atoms. The lowest BCUT2D eigenvalue weighted by molar-refractivity contribution is -0.146. The summed E-state index contributed by atoms with van der Waals surface area (Å²) in [6.45, 7) is 0. The molecule has 1 saturated carbocycles. The molecule has 0 aromatic heterocycles. The van der Waals surface area contributed by atoms with Gasteiger partial charge in [-0.2, -0.15) is 0 Å². The molecule has 16 heavy (non-hydrogen) atoms. The van der Waals surface area contributed by atoms with Gasteiger partial charge < -0.3 is 9.84 Å². The molecule has 1 fully saturated rings. The van der Waals surface area contributed by atoms with Gasteiger partial charge in [-0.05, 0) is 43.4 Å². The zero-order chi connectivity index (χ0) is 11.5. The molecule has 86 valence electrons. The van der Waals surface area contributed by atoms with Gasteiger partial charge in [-0.3, -0.25) is 0 Å². The van der Waals surface area contributed by atoms with E-state index in [1.54, 1.807) is 11.8 Å². The maximum absolute atomic E-state index is 11.0. The van der Waals surface area contributed by atoms with Gasteiger partial charge in [0.1, 0.15) is 5.75 Å². The molecular formula is C12H14O3S. The van der Waals surface area contributed by atoms with Gasteiger partial charge in [0, 0.05) is 10.8 Å². The average molecular weight is 238 g/mol. The van der Waals surface area contributed by atoms with Crippen LogP contribution in [0.2, 0.25) is 0 Å². The lowest BCUT2D eigenvalue weighted by atomic mass is 10.2. The fourth-order valence-corrected chi connectivity index (χ4v) is 1.96. The number of carboxylic acids is 1. The van der Waals surface area contributed by atoms with Crippen molar-refractivity contribution >= 4 is 17.7 Å². The second kappa shape index (κ2) is 4.78. The Morgan fingerprint density at radius 3 is 2.50 bits per heavy atom. The highest BCUT2D eigenvalue weighted by Gasteiger charge is 2.38. The minimum atomic E-state index is -0.864. The van der Waals surface area contributed by atoms with Crippen LogP contribution >= 0.6 is 11.8 Å². The molecule has 0 heterocycles. The van der Waals surface area contributed by atoms with Crippen molar-refractivity contribution in [3.63, 3.8) is 0 Å². The number of hydrogen-bond acceptors (Lipinski definition) is 3. The second-order valence-corrected chi connectivity index (χ2v) is 4.77. The van der Waals surface area contributed by atoms with Crippen molar-refractivity contribution in [2.45, 2.75) is 23.8 Å². The summed E-state index contributed by atoms with van der Waals surface area (Å²) < 4.78 is 5.49. The number of hydrogen-bond donors (Lipinski definition) is 1. The number of rotatable bonds is 5. The lowest BCUT2D eigenvalue weighted by Gasteiger charge is -2.14. The molecule has 4 heteroatoms. The largest absolute Gasteiger partial charge is 0.478 e. The highest BCUT2D eigenvalue weighted by atomic mass is 32.2. The SMILES string of the molecule is CSc1ccc(OC(C(=O)O)C2CC2)cc1. The Balaban J connectivity index is 2.03. The first-order chi connectivity index (χ1) is 7.70. The second-order valence-electron chi connectivity index (χ2n) is 3.89. The Morgan fingerprint density at radius 1 is 1.44 bits per heavy atom. The standard InChI is InChI=1S/C12H14O3S/c1-16-10-6-4-9(5-7-10)15-11(12(13)14)8-2-3-8/h4-8,11H,2-3H2,1H3,(H,13,14). The van der Waals surface area contributed by atoms with Crippen LogP contribution in [0.4, 0.5) is 0 Å². The molecule has 1 aromatic carbocycles. The number of benzene rings is 1. The fraction of sp³-hybridized carbons (Fsp3) is 0.417. The average Bonchev–Trinajstić information content (AvgIpc) is 3.10. The molecule has 1 atom stereocenters. The molecule has 0 saturated heterocycles. The van der Waals surface area contributed by atoms with Crippen LogP contribution < -0.4 is 4.74 Å². The summed E-state index contributed by atoms with van der Waals surface area (Å²) in [6, 6.07) is 7.52. The van der Waals surface area contributed by atoms with Crippen LogP contribution in [-0.4, -0.2) is 23.4 Å². The Labute approximate surface area is 98.8 Å². The van der Waals surface area contributed by atoms with Crippen LogP contribution in [0.3, 0.4) is 0 Å². The number of ether oxygens (including phenoxy) is 1. The molecule has 0 aliphatic heterocycles. The summed E-state index contributed by atoms with van der Waals surface area (Å²) in [6.07, 6.45) is 3.24. The maximum Gasteiger partial charge on any atom is 0.345 e. The molecule has 0 radical (unpaired) electrons. The minimum absolute atomic E-state index is 0.192. The minimum Gasteiger partial charge on any atom is -0.478 e. The third kappa shape index (κ3) is 2.70. The quantitative estimate of drug-likeness (QED) is 0.801. The Morgan fingerprint density at radius 2 is 2.06 bits per heavy atom. The lowest BCUT2D eigenvalue weighted by Crippen LogP contribution is -2.29. The van der Waals surface area contributed by atoms with E-state index in [0.717, 1.165) is 17.7 Å². The maximum atomic E-state index is 11.0. The summed E-state index contributed by atoms with van der Waals surface area (Å²) >= 11 is 1.65. The van der Waals surface area contributed by atoms with Crippen molar-refractivity contribution in [2.75, 3.05) is 6.26 Å². The highest BCUT2D eigenvalue weighted by Crippen LogP contribution is 2.35. The zero-order valence-electron chi connectivity index (χ0n) is 9.05. The molecule has 0 bridgehead atoms. The molecule has 1 aliphatic carbocycles. The van der Waals surface area contributed by atoms with E-state index in [-0.39, 0.29) is 5.92 Å². The predicted molar refractivity (Wildman–Crippen MR) is 63.0 cm³/mol. The molecule has 1 unspecified atom stereocenters. The van der Waals surface area contributed by atoms with Crippen molar-refractivity contribution in [3.8, 4) is 5.75 Å². The Hall–Kier alpha value is -1.16. The fourth-order valence-electron chi connectivity index (χ4n) is 1.55. The van der Waals surface area contributed by atoms with E-state index in [9.17, 15) is 4.79 Å². The first-order valence-electron chi connectivity index (χ1n) is 5.24.